The molecule has 212 valence electrons. The smallest absolute Gasteiger partial charge is 0.166 e. The molecule has 2 aromatic carbocycles. The Hall–Kier alpha value is -2.53. The van der Waals surface area contributed by atoms with Gasteiger partial charge in [-0.25, -0.2) is 13.2 Å². The summed E-state index contributed by atoms with van der Waals surface area (Å²) < 4.78 is 50.1. The van der Waals surface area contributed by atoms with E-state index in [4.69, 9.17) is 4.74 Å². The molecule has 2 aromatic rings. The Morgan fingerprint density at radius 1 is 1.05 bits per heavy atom. The molecule has 39 heavy (non-hydrogen) atoms. The van der Waals surface area contributed by atoms with Crippen LogP contribution in [0.15, 0.2) is 49.1 Å². The lowest BCUT2D eigenvalue weighted by atomic mass is 9.77. The number of benzene rings is 2. The van der Waals surface area contributed by atoms with Gasteiger partial charge in [-0.05, 0) is 117 Å². The molecule has 0 aliphatic heterocycles. The van der Waals surface area contributed by atoms with Crippen LogP contribution in [0.2, 0.25) is 0 Å². The highest BCUT2D eigenvalue weighted by molar-refractivity contribution is 5.67. The minimum atomic E-state index is -0.742. The van der Waals surface area contributed by atoms with Crippen molar-refractivity contribution < 1.29 is 23.0 Å². The van der Waals surface area contributed by atoms with E-state index in [1.54, 1.807) is 30.3 Å². The lowest BCUT2D eigenvalue weighted by Crippen LogP contribution is -2.22. The number of hydrogen-bond acceptors (Lipinski definition) is 2. The van der Waals surface area contributed by atoms with Crippen LogP contribution in [0.1, 0.15) is 100 Å². The van der Waals surface area contributed by atoms with E-state index < -0.39 is 11.6 Å². The zero-order valence-corrected chi connectivity index (χ0v) is 23.2. The topological polar surface area (TPSA) is 29.5 Å². The van der Waals surface area contributed by atoms with Gasteiger partial charge in [-0.2, -0.15) is 0 Å². The fourth-order valence-electron chi connectivity index (χ4n) is 6.29. The molecule has 5 heteroatoms. The quantitative estimate of drug-likeness (QED) is 0.215. The van der Waals surface area contributed by atoms with Crippen LogP contribution in [-0.4, -0.2) is 17.8 Å². The van der Waals surface area contributed by atoms with Gasteiger partial charge < -0.3 is 9.84 Å². The van der Waals surface area contributed by atoms with Gasteiger partial charge in [0.05, 0.1) is 12.7 Å². The van der Waals surface area contributed by atoms with E-state index >= 15 is 8.78 Å². The third-order valence-corrected chi connectivity index (χ3v) is 8.76. The molecule has 1 N–H and O–H groups in total. The molecule has 1 fully saturated rings. The number of aliphatic hydroxyl groups is 1. The zero-order valence-electron chi connectivity index (χ0n) is 23.2. The van der Waals surface area contributed by atoms with E-state index in [2.05, 4.69) is 13.5 Å². The Labute approximate surface area is 232 Å². The molecule has 2 unspecified atom stereocenters. The summed E-state index contributed by atoms with van der Waals surface area (Å²) in [5.41, 5.74) is 2.67. The van der Waals surface area contributed by atoms with Crippen LogP contribution in [0.25, 0.3) is 5.57 Å². The summed E-state index contributed by atoms with van der Waals surface area (Å²) >= 11 is 0. The van der Waals surface area contributed by atoms with Crippen molar-refractivity contribution in [3.8, 4) is 5.75 Å². The van der Waals surface area contributed by atoms with E-state index in [1.807, 2.05) is 12.1 Å². The Balaban J connectivity index is 1.28. The molecule has 0 radical (unpaired) electrons. The number of aliphatic hydroxyl groups excluding tert-OH is 1. The largest absolute Gasteiger partial charge is 0.490 e. The van der Waals surface area contributed by atoms with Gasteiger partial charge in [0.2, 0.25) is 0 Å². The molecule has 1 saturated carbocycles. The maximum atomic E-state index is 15.1. The van der Waals surface area contributed by atoms with Crippen molar-refractivity contribution in [1.29, 1.82) is 0 Å². The summed E-state index contributed by atoms with van der Waals surface area (Å²) in [5.74, 6) is -0.521. The van der Waals surface area contributed by atoms with E-state index in [-0.39, 0.29) is 23.6 Å². The van der Waals surface area contributed by atoms with E-state index in [0.717, 1.165) is 62.5 Å². The second-order valence-electron chi connectivity index (χ2n) is 11.4. The Kier molecular flexibility index (Phi) is 10.7. The minimum absolute atomic E-state index is 0.204. The molecule has 2 aliphatic rings. The van der Waals surface area contributed by atoms with Gasteiger partial charge in [0.1, 0.15) is 0 Å². The number of ether oxygens (including phenoxy) is 1. The van der Waals surface area contributed by atoms with Crippen molar-refractivity contribution in [2.45, 2.75) is 96.0 Å². The van der Waals surface area contributed by atoms with Crippen molar-refractivity contribution in [2.75, 3.05) is 6.61 Å². The number of hydrogen-bond donors (Lipinski definition) is 1. The van der Waals surface area contributed by atoms with Crippen LogP contribution in [0.4, 0.5) is 13.2 Å². The Morgan fingerprint density at radius 2 is 1.85 bits per heavy atom. The fraction of sp³-hybridized carbons (Fsp3) is 0.529. The number of allylic oxidation sites excluding steroid dienone is 2. The van der Waals surface area contributed by atoms with Crippen LogP contribution in [0.5, 0.6) is 5.75 Å². The average molecular weight is 541 g/mol. The SMILES string of the molecule is C=CCCOc1ccc(C2CCC(CCc3ccc(C4=CCC(C(O)CCC)CC4)c(F)c3F)CC2)cc1F. The van der Waals surface area contributed by atoms with E-state index in [9.17, 15) is 9.50 Å². The first kappa shape index (κ1) is 29.5. The summed E-state index contributed by atoms with van der Waals surface area (Å²) in [6.45, 7) is 6.12. The molecule has 0 amide bonds. The van der Waals surface area contributed by atoms with Crippen molar-refractivity contribution in [1.82, 2.24) is 0 Å². The molecule has 0 spiro atoms. The summed E-state index contributed by atoms with van der Waals surface area (Å²) in [5, 5.41) is 10.3. The average Bonchev–Trinajstić information content (AvgIpc) is 2.95. The molecular weight excluding hydrogens is 497 g/mol. The van der Waals surface area contributed by atoms with E-state index in [0.29, 0.717) is 55.3 Å². The van der Waals surface area contributed by atoms with Gasteiger partial charge in [-0.15, -0.1) is 6.58 Å². The highest BCUT2D eigenvalue weighted by atomic mass is 19.2. The third-order valence-electron chi connectivity index (χ3n) is 8.76. The van der Waals surface area contributed by atoms with Gasteiger partial charge in [-0.1, -0.05) is 43.7 Å². The standard InChI is InChI=1S/C34H43F3O2/c1-3-5-21-39-32-20-18-28(22-30(32)35)24-10-7-23(8-11-24)9-12-27-17-19-29(34(37)33(27)36)25-13-15-26(16-14-25)31(38)6-4-2/h3,13,17-20,22-24,26,31,38H,1,4-12,14-16,21H2,2H3. The highest BCUT2D eigenvalue weighted by Crippen LogP contribution is 2.39. The molecular formula is C34H43F3O2. The molecule has 0 heterocycles. The van der Waals surface area contributed by atoms with E-state index in [1.165, 1.54) is 0 Å². The monoisotopic (exact) mass is 540 g/mol. The normalized spacial score (nSPS) is 22.3. The lowest BCUT2D eigenvalue weighted by molar-refractivity contribution is 0.0934. The maximum absolute atomic E-state index is 15.1. The van der Waals surface area contributed by atoms with Gasteiger partial charge in [0, 0.05) is 5.56 Å². The summed E-state index contributed by atoms with van der Waals surface area (Å²) in [6, 6.07) is 8.77. The molecule has 2 aliphatic carbocycles. The summed E-state index contributed by atoms with van der Waals surface area (Å²) in [4.78, 5) is 0. The first-order chi connectivity index (χ1) is 18.9. The number of halogens is 3. The van der Waals surface area contributed by atoms with Crippen molar-refractivity contribution >= 4 is 5.57 Å². The number of aryl methyl sites for hydroxylation is 1. The van der Waals surface area contributed by atoms with Crippen molar-refractivity contribution in [2.24, 2.45) is 11.8 Å². The first-order valence-corrected chi connectivity index (χ1v) is 14.8. The Bertz CT molecular complexity index is 1130. The molecule has 2 nitrogen and oxygen atoms in total. The highest BCUT2D eigenvalue weighted by Gasteiger charge is 2.26. The van der Waals surface area contributed by atoms with Gasteiger partial charge in [-0.3, -0.25) is 0 Å². The predicted molar refractivity (Wildman–Crippen MR) is 152 cm³/mol. The maximum Gasteiger partial charge on any atom is 0.166 e. The molecule has 0 saturated heterocycles. The lowest BCUT2D eigenvalue weighted by Gasteiger charge is -2.29. The molecule has 2 atom stereocenters. The van der Waals surface area contributed by atoms with Crippen LogP contribution < -0.4 is 4.74 Å². The molecule has 0 bridgehead atoms. The van der Waals surface area contributed by atoms with Crippen molar-refractivity contribution in [3.05, 3.63) is 83.2 Å². The fourth-order valence-corrected chi connectivity index (χ4v) is 6.29. The van der Waals surface area contributed by atoms with Gasteiger partial charge >= 0.3 is 0 Å². The zero-order chi connectivity index (χ0) is 27.8. The Morgan fingerprint density at radius 3 is 2.51 bits per heavy atom. The first-order valence-electron chi connectivity index (χ1n) is 14.8. The van der Waals surface area contributed by atoms with Gasteiger partial charge in [0.25, 0.3) is 0 Å². The molecule has 4 rings (SSSR count). The van der Waals surface area contributed by atoms with Crippen LogP contribution in [0, 0.1) is 29.3 Å². The second-order valence-corrected chi connectivity index (χ2v) is 11.4. The summed E-state index contributed by atoms with van der Waals surface area (Å²) in [7, 11) is 0. The minimum Gasteiger partial charge on any atom is -0.490 e. The van der Waals surface area contributed by atoms with Crippen molar-refractivity contribution in [3.63, 3.8) is 0 Å². The molecule has 0 aromatic heterocycles. The van der Waals surface area contributed by atoms with Crippen LogP contribution in [0.3, 0.4) is 0 Å². The second kappa shape index (κ2) is 14.2. The van der Waals surface area contributed by atoms with Gasteiger partial charge in [0.15, 0.2) is 23.2 Å². The van der Waals surface area contributed by atoms with Crippen LogP contribution in [-0.2, 0) is 6.42 Å². The predicted octanol–water partition coefficient (Wildman–Crippen LogP) is 9.31. The summed E-state index contributed by atoms with van der Waals surface area (Å²) in [6.07, 6.45) is 13.3. The van der Waals surface area contributed by atoms with Crippen LogP contribution >= 0.6 is 0 Å². The number of rotatable bonds is 12. The third kappa shape index (κ3) is 7.57.